The molecule has 4 amide bonds. The SMILES string of the molecule is Cc1cc(N2C(=O)c3ccc(C(c4ccc5c(c4)C(=O)N(C)C5=O)(C(F)(F)F)C(F)(F)F)cc3C2=O)ccc1/N=N/c1ccc(/N=N/c2nc3ccc([N+](=O)[O-])cc3s2)cc1. The van der Waals surface area contributed by atoms with Crippen molar-refractivity contribution in [3.05, 3.63) is 146 Å². The van der Waals surface area contributed by atoms with E-state index in [0.29, 0.717) is 79.0 Å². The molecule has 0 bridgehead atoms. The number of amides is 4. The number of aromatic nitrogens is 1. The molecular weight excluding hydrogens is 835 g/mol. The number of nitrogens with zero attached hydrogens (tertiary/aromatic N) is 8. The third-order valence-corrected chi connectivity index (χ3v) is 11.0. The molecule has 1 aromatic heterocycles. The highest BCUT2D eigenvalue weighted by molar-refractivity contribution is 7.21. The molecule has 3 heterocycles. The first-order chi connectivity index (χ1) is 28.8. The van der Waals surface area contributed by atoms with Crippen molar-refractivity contribution in [2.45, 2.75) is 24.7 Å². The highest BCUT2D eigenvalue weighted by Gasteiger charge is 2.73. The normalized spacial score (nSPS) is 14.6. The van der Waals surface area contributed by atoms with E-state index in [9.17, 15) is 29.3 Å². The predicted molar refractivity (Wildman–Crippen MR) is 206 cm³/mol. The number of hydrogen-bond acceptors (Lipinski definition) is 12. The van der Waals surface area contributed by atoms with Gasteiger partial charge < -0.3 is 0 Å². The number of alkyl halides is 6. The Hall–Kier alpha value is -7.55. The lowest BCUT2D eigenvalue weighted by molar-refractivity contribution is -0.384. The van der Waals surface area contributed by atoms with Gasteiger partial charge in [0.05, 0.1) is 60.1 Å². The van der Waals surface area contributed by atoms with Crippen LogP contribution < -0.4 is 4.90 Å². The van der Waals surface area contributed by atoms with Gasteiger partial charge >= 0.3 is 12.4 Å². The molecule has 0 radical (unpaired) electrons. The number of fused-ring (bicyclic) bond motifs is 3. The maximum absolute atomic E-state index is 15.0. The number of imide groups is 2. The summed E-state index contributed by atoms with van der Waals surface area (Å²) in [6.45, 7) is 1.57. The number of benzene rings is 5. The van der Waals surface area contributed by atoms with Crippen molar-refractivity contribution < 1.29 is 50.4 Å². The van der Waals surface area contributed by atoms with Crippen LogP contribution in [0.3, 0.4) is 0 Å². The number of non-ortho nitro benzene ring substituents is 1. The van der Waals surface area contributed by atoms with Crippen LogP contribution >= 0.6 is 11.3 Å². The van der Waals surface area contributed by atoms with Gasteiger partial charge in [-0.15, -0.1) is 10.2 Å². The number of thiazole rings is 1. The van der Waals surface area contributed by atoms with E-state index in [1.807, 2.05) is 0 Å². The van der Waals surface area contributed by atoms with Crippen molar-refractivity contribution in [3.8, 4) is 0 Å². The number of carbonyl (C=O) groups excluding carboxylic acids is 4. The number of azo groups is 2. The molecule has 0 aliphatic carbocycles. The monoisotopic (exact) mass is 856 g/mol. The largest absolute Gasteiger partial charge is 0.411 e. The number of nitro benzene ring substituents is 1. The van der Waals surface area contributed by atoms with Crippen molar-refractivity contribution >= 4 is 78.8 Å². The highest BCUT2D eigenvalue weighted by Crippen LogP contribution is 2.57. The van der Waals surface area contributed by atoms with Gasteiger partial charge in [-0.2, -0.15) is 36.6 Å². The smallest absolute Gasteiger partial charge is 0.277 e. The lowest BCUT2D eigenvalue weighted by atomic mass is 9.71. The zero-order valence-corrected chi connectivity index (χ0v) is 31.8. The summed E-state index contributed by atoms with van der Waals surface area (Å²) in [6.07, 6.45) is -12.2. The molecule has 2 aliphatic heterocycles. The third kappa shape index (κ3) is 6.58. The molecule has 21 heteroatoms. The maximum atomic E-state index is 15.0. The fourth-order valence-corrected chi connectivity index (χ4v) is 7.85. The van der Waals surface area contributed by atoms with Crippen molar-refractivity contribution in [2.24, 2.45) is 20.5 Å². The fourth-order valence-electron chi connectivity index (χ4n) is 7.03. The molecule has 8 rings (SSSR count). The number of aryl methyl sites for hydroxylation is 1. The average Bonchev–Trinajstić information content (AvgIpc) is 3.81. The topological polar surface area (TPSA) is 180 Å². The van der Waals surface area contributed by atoms with E-state index in [1.54, 1.807) is 31.2 Å². The standard InChI is InChI=1S/C40H22F6N8O6S/c1-19-15-24(9-13-30(19)50-48-22-5-7-23(8-6-22)49-51-37-47-31-14-10-25(54(59)60)18-32(31)61-37)53-35(57)27-12-4-21(17-29(27)36(53)58)38(39(41,42)43,40(44,45)46)20-3-11-26-28(16-20)34(56)52(2)33(26)55/h3-18H,1-2H3/b50-48+,51-49+. The van der Waals surface area contributed by atoms with Crippen molar-refractivity contribution in [1.29, 1.82) is 0 Å². The van der Waals surface area contributed by atoms with Crippen LogP contribution in [0.2, 0.25) is 0 Å². The zero-order chi connectivity index (χ0) is 43.8. The van der Waals surface area contributed by atoms with Crippen molar-refractivity contribution in [2.75, 3.05) is 11.9 Å². The Kier molecular flexibility index (Phi) is 9.45. The number of anilines is 1. The lowest BCUT2D eigenvalue weighted by Gasteiger charge is -2.38. The van der Waals surface area contributed by atoms with Crippen molar-refractivity contribution in [1.82, 2.24) is 9.88 Å². The summed E-state index contributed by atoms with van der Waals surface area (Å²) in [4.78, 5) is 68.2. The second-order valence-corrected chi connectivity index (χ2v) is 14.7. The van der Waals surface area contributed by atoms with Gasteiger partial charge in [-0.1, -0.05) is 23.5 Å². The van der Waals surface area contributed by atoms with E-state index in [-0.39, 0.29) is 22.1 Å². The summed E-state index contributed by atoms with van der Waals surface area (Å²) >= 11 is 1.13. The second kappa shape index (κ2) is 14.3. The third-order valence-electron chi connectivity index (χ3n) is 10.1. The van der Waals surface area contributed by atoms with Crippen LogP contribution in [0.4, 0.5) is 59.9 Å². The number of rotatable bonds is 8. The molecule has 6 aromatic rings. The summed E-state index contributed by atoms with van der Waals surface area (Å²) < 4.78 is 90.8. The Bertz CT molecular complexity index is 2950. The first-order valence-electron chi connectivity index (χ1n) is 17.5. The summed E-state index contributed by atoms with van der Waals surface area (Å²) in [5.74, 6) is -4.18. The number of hydrogen-bond donors (Lipinski definition) is 0. The first kappa shape index (κ1) is 40.2. The Morgan fingerprint density at radius 3 is 1.75 bits per heavy atom. The average molecular weight is 857 g/mol. The molecule has 0 fully saturated rings. The minimum atomic E-state index is -6.10. The van der Waals surface area contributed by atoms with Crippen LogP contribution in [0.1, 0.15) is 58.1 Å². The van der Waals surface area contributed by atoms with E-state index in [4.69, 9.17) is 0 Å². The molecular formula is C40H22F6N8O6S. The quantitative estimate of drug-likeness (QED) is 0.0480. The van der Waals surface area contributed by atoms with Crippen LogP contribution in [0.5, 0.6) is 0 Å². The van der Waals surface area contributed by atoms with Crippen LogP contribution in [-0.4, -0.2) is 57.8 Å². The summed E-state index contributed by atoms with van der Waals surface area (Å²) in [5.41, 5.74) is -7.91. The molecule has 14 nitrogen and oxygen atoms in total. The number of halogens is 6. The Morgan fingerprint density at radius 1 is 0.639 bits per heavy atom. The van der Waals surface area contributed by atoms with E-state index in [1.165, 1.54) is 36.4 Å². The predicted octanol–water partition coefficient (Wildman–Crippen LogP) is 10.8. The van der Waals surface area contributed by atoms with Crippen molar-refractivity contribution in [3.63, 3.8) is 0 Å². The van der Waals surface area contributed by atoms with Gasteiger partial charge in [-0.05, 0) is 96.4 Å². The minimum Gasteiger partial charge on any atom is -0.277 e. The molecule has 0 spiro atoms. The molecule has 0 unspecified atom stereocenters. The van der Waals surface area contributed by atoms with Gasteiger partial charge in [0.25, 0.3) is 29.3 Å². The molecule has 0 saturated heterocycles. The van der Waals surface area contributed by atoms with Gasteiger partial charge in [-0.25, -0.2) is 9.88 Å². The summed E-state index contributed by atoms with van der Waals surface area (Å²) in [7, 11) is 1.03. The van der Waals surface area contributed by atoms with Gasteiger partial charge in [-0.3, -0.25) is 34.2 Å². The number of nitro groups is 1. The molecule has 61 heavy (non-hydrogen) atoms. The first-order valence-corrected chi connectivity index (χ1v) is 18.3. The van der Waals surface area contributed by atoms with Gasteiger partial charge in [0.15, 0.2) is 0 Å². The van der Waals surface area contributed by atoms with Crippen LogP contribution in [0.15, 0.2) is 118 Å². The zero-order valence-electron chi connectivity index (χ0n) is 30.9. The van der Waals surface area contributed by atoms with E-state index < -0.39 is 74.1 Å². The maximum Gasteiger partial charge on any atom is 0.411 e. The Morgan fingerprint density at radius 2 is 1.18 bits per heavy atom. The Balaban J connectivity index is 1.03. The van der Waals surface area contributed by atoms with Crippen LogP contribution in [-0.2, 0) is 5.41 Å². The van der Waals surface area contributed by atoms with E-state index >= 15 is 26.3 Å². The number of carbonyl (C=O) groups is 4. The fraction of sp³-hybridized carbons (Fsp3) is 0.125. The van der Waals surface area contributed by atoms with Crippen LogP contribution in [0.25, 0.3) is 10.2 Å². The molecule has 5 aromatic carbocycles. The molecule has 306 valence electrons. The van der Waals surface area contributed by atoms with Gasteiger partial charge in [0.1, 0.15) is 0 Å². The highest BCUT2D eigenvalue weighted by atomic mass is 32.1. The second-order valence-electron chi connectivity index (χ2n) is 13.7. The molecule has 0 atom stereocenters. The van der Waals surface area contributed by atoms with E-state index in [0.717, 1.165) is 18.4 Å². The van der Waals surface area contributed by atoms with Gasteiger partial charge in [0.2, 0.25) is 10.5 Å². The Labute approximate surface area is 341 Å². The van der Waals surface area contributed by atoms with E-state index in [2.05, 4.69) is 25.4 Å². The molecule has 0 saturated carbocycles. The lowest BCUT2D eigenvalue weighted by Crippen LogP contribution is -2.55. The van der Waals surface area contributed by atoms with Crippen LogP contribution in [0, 0.1) is 17.0 Å². The molecule has 0 N–H and O–H groups in total. The molecule has 2 aliphatic rings. The summed E-state index contributed by atoms with van der Waals surface area (Å²) in [6, 6.07) is 17.8. The summed E-state index contributed by atoms with van der Waals surface area (Å²) in [5, 5.41) is 28.0. The van der Waals surface area contributed by atoms with Gasteiger partial charge in [0, 0.05) is 19.2 Å². The minimum absolute atomic E-state index is 0.0471.